The number of hydrogen-bond donors (Lipinski definition) is 1. The van der Waals surface area contributed by atoms with Gasteiger partial charge in [0.1, 0.15) is 0 Å². The van der Waals surface area contributed by atoms with Crippen molar-refractivity contribution < 1.29 is 9.53 Å². The maximum atomic E-state index is 11.2. The largest absolute Gasteiger partial charge is 0.469 e. The van der Waals surface area contributed by atoms with Crippen LogP contribution in [0.5, 0.6) is 0 Å². The molecule has 0 unspecified atom stereocenters. The third-order valence-electron chi connectivity index (χ3n) is 2.80. The summed E-state index contributed by atoms with van der Waals surface area (Å²) in [7, 11) is 1.46. The second-order valence-corrected chi connectivity index (χ2v) is 3.78. The molecule has 1 saturated heterocycles. The van der Waals surface area contributed by atoms with Gasteiger partial charge in [-0.05, 0) is 45.4 Å². The fourth-order valence-corrected chi connectivity index (χ4v) is 1.87. The van der Waals surface area contributed by atoms with Crippen molar-refractivity contribution in [3.05, 3.63) is 0 Å². The van der Waals surface area contributed by atoms with E-state index in [2.05, 4.69) is 4.90 Å². The quantitative estimate of drug-likeness (QED) is 0.660. The number of piperidine rings is 1. The molecule has 0 saturated carbocycles. The van der Waals surface area contributed by atoms with Gasteiger partial charge in [0.25, 0.3) is 0 Å². The molecule has 1 aliphatic heterocycles. The van der Waals surface area contributed by atoms with Crippen LogP contribution >= 0.6 is 0 Å². The van der Waals surface area contributed by atoms with Gasteiger partial charge in [-0.25, -0.2) is 0 Å². The third kappa shape index (κ3) is 3.27. The molecule has 0 aliphatic carbocycles. The number of nitrogens with zero attached hydrogens (tertiary/aromatic N) is 1. The summed E-state index contributed by atoms with van der Waals surface area (Å²) in [4.78, 5) is 13.6. The predicted octanol–water partition coefficient (Wildman–Crippen LogP) is 0.220. The van der Waals surface area contributed by atoms with E-state index in [1.54, 1.807) is 0 Å². The number of esters is 1. The summed E-state index contributed by atoms with van der Waals surface area (Å²) in [5.41, 5.74) is 5.44. The van der Waals surface area contributed by atoms with Gasteiger partial charge in [0.15, 0.2) is 0 Å². The Kier molecular flexibility index (Phi) is 4.90. The summed E-state index contributed by atoms with van der Waals surface area (Å²) < 4.78 is 4.73. The second kappa shape index (κ2) is 5.98. The number of methoxy groups -OCH3 is 1. The Hall–Kier alpha value is -0.610. The first kappa shape index (κ1) is 11.5. The van der Waals surface area contributed by atoms with Crippen molar-refractivity contribution in [3.63, 3.8) is 0 Å². The molecule has 0 radical (unpaired) electrons. The van der Waals surface area contributed by atoms with Crippen LogP contribution in [-0.4, -0.2) is 44.2 Å². The zero-order valence-corrected chi connectivity index (χ0v) is 8.87. The highest BCUT2D eigenvalue weighted by molar-refractivity contribution is 5.72. The standard InChI is InChI=1S/C10H20N2O2/c1-14-10(13)9-3-7-12(8-4-9)6-2-5-11/h9H,2-8,11H2,1H3. The molecule has 1 heterocycles. The van der Waals surface area contributed by atoms with Gasteiger partial charge in [-0.15, -0.1) is 0 Å². The first-order valence-electron chi connectivity index (χ1n) is 5.28. The van der Waals surface area contributed by atoms with Crippen LogP contribution in [0.1, 0.15) is 19.3 Å². The number of ether oxygens (including phenoxy) is 1. The maximum absolute atomic E-state index is 11.2. The zero-order valence-electron chi connectivity index (χ0n) is 8.87. The minimum Gasteiger partial charge on any atom is -0.469 e. The van der Waals surface area contributed by atoms with E-state index < -0.39 is 0 Å². The number of carbonyl (C=O) groups is 1. The Morgan fingerprint density at radius 2 is 2.14 bits per heavy atom. The lowest BCUT2D eigenvalue weighted by molar-refractivity contribution is -0.147. The van der Waals surface area contributed by atoms with Crippen molar-refractivity contribution in [2.45, 2.75) is 19.3 Å². The van der Waals surface area contributed by atoms with Gasteiger partial charge in [-0.2, -0.15) is 0 Å². The Labute approximate surface area is 85.4 Å². The molecule has 82 valence electrons. The molecule has 1 aliphatic rings. The SMILES string of the molecule is COC(=O)C1CCN(CCCN)CC1. The van der Waals surface area contributed by atoms with E-state index in [1.807, 2.05) is 0 Å². The van der Waals surface area contributed by atoms with Crippen molar-refractivity contribution in [1.29, 1.82) is 0 Å². The summed E-state index contributed by atoms with van der Waals surface area (Å²) in [5.74, 6) is 0.0672. The van der Waals surface area contributed by atoms with Gasteiger partial charge in [0.2, 0.25) is 0 Å². The monoisotopic (exact) mass is 200 g/mol. The van der Waals surface area contributed by atoms with E-state index in [0.29, 0.717) is 0 Å². The summed E-state index contributed by atoms with van der Waals surface area (Å²) in [6, 6.07) is 0. The smallest absolute Gasteiger partial charge is 0.308 e. The van der Waals surface area contributed by atoms with Crippen LogP contribution in [-0.2, 0) is 9.53 Å². The van der Waals surface area contributed by atoms with Crippen molar-refractivity contribution >= 4 is 5.97 Å². The molecule has 1 rings (SSSR count). The van der Waals surface area contributed by atoms with Crippen molar-refractivity contribution in [3.8, 4) is 0 Å². The first-order chi connectivity index (χ1) is 6.77. The van der Waals surface area contributed by atoms with Gasteiger partial charge in [0, 0.05) is 0 Å². The molecule has 0 aromatic carbocycles. The molecule has 0 spiro atoms. The fraction of sp³-hybridized carbons (Fsp3) is 0.900. The molecule has 2 N–H and O–H groups in total. The van der Waals surface area contributed by atoms with Crippen LogP contribution in [0.25, 0.3) is 0 Å². The molecule has 14 heavy (non-hydrogen) atoms. The van der Waals surface area contributed by atoms with Gasteiger partial charge in [-0.1, -0.05) is 0 Å². The normalized spacial score (nSPS) is 19.6. The van der Waals surface area contributed by atoms with Crippen molar-refractivity contribution in [2.75, 3.05) is 33.3 Å². The second-order valence-electron chi connectivity index (χ2n) is 3.78. The fourth-order valence-electron chi connectivity index (χ4n) is 1.87. The Bertz CT molecular complexity index is 177. The molecule has 0 bridgehead atoms. The average Bonchev–Trinajstić information content (AvgIpc) is 2.26. The van der Waals surface area contributed by atoms with Gasteiger partial charge < -0.3 is 15.4 Å². The topological polar surface area (TPSA) is 55.6 Å². The molecule has 4 heteroatoms. The molecule has 0 aromatic heterocycles. The zero-order chi connectivity index (χ0) is 10.4. The highest BCUT2D eigenvalue weighted by Crippen LogP contribution is 2.18. The predicted molar refractivity (Wildman–Crippen MR) is 54.9 cm³/mol. The maximum Gasteiger partial charge on any atom is 0.308 e. The van der Waals surface area contributed by atoms with Gasteiger partial charge in [-0.3, -0.25) is 4.79 Å². The summed E-state index contributed by atoms with van der Waals surface area (Å²) in [6.45, 7) is 3.81. The van der Waals surface area contributed by atoms with Crippen LogP contribution in [0.3, 0.4) is 0 Å². The van der Waals surface area contributed by atoms with Crippen molar-refractivity contribution in [2.24, 2.45) is 11.7 Å². The average molecular weight is 200 g/mol. The molecule has 4 nitrogen and oxygen atoms in total. The van der Waals surface area contributed by atoms with Crippen LogP contribution in [0.2, 0.25) is 0 Å². The Morgan fingerprint density at radius 3 is 2.64 bits per heavy atom. The highest BCUT2D eigenvalue weighted by Gasteiger charge is 2.24. The van der Waals surface area contributed by atoms with Crippen LogP contribution in [0.4, 0.5) is 0 Å². The van der Waals surface area contributed by atoms with Gasteiger partial charge >= 0.3 is 5.97 Å². The van der Waals surface area contributed by atoms with E-state index in [1.165, 1.54) is 7.11 Å². The minimum absolute atomic E-state index is 0.0523. The summed E-state index contributed by atoms with van der Waals surface area (Å²) in [5, 5.41) is 0. The van der Waals surface area contributed by atoms with Gasteiger partial charge in [0.05, 0.1) is 13.0 Å². The van der Waals surface area contributed by atoms with Crippen LogP contribution < -0.4 is 5.73 Å². The highest BCUT2D eigenvalue weighted by atomic mass is 16.5. The van der Waals surface area contributed by atoms with E-state index in [0.717, 1.165) is 45.4 Å². The van der Waals surface area contributed by atoms with E-state index in [4.69, 9.17) is 10.5 Å². The lowest BCUT2D eigenvalue weighted by Gasteiger charge is -2.30. The van der Waals surface area contributed by atoms with E-state index in [-0.39, 0.29) is 11.9 Å². The summed E-state index contributed by atoms with van der Waals surface area (Å²) >= 11 is 0. The van der Waals surface area contributed by atoms with Crippen LogP contribution in [0.15, 0.2) is 0 Å². The number of carbonyl (C=O) groups excluding carboxylic acids is 1. The van der Waals surface area contributed by atoms with E-state index >= 15 is 0 Å². The van der Waals surface area contributed by atoms with E-state index in [9.17, 15) is 4.79 Å². The summed E-state index contributed by atoms with van der Waals surface area (Å²) in [6.07, 6.45) is 2.90. The number of nitrogens with two attached hydrogens (primary N) is 1. The third-order valence-corrected chi connectivity index (χ3v) is 2.80. The molecular weight excluding hydrogens is 180 g/mol. The lowest BCUT2D eigenvalue weighted by Crippen LogP contribution is -2.37. The first-order valence-corrected chi connectivity index (χ1v) is 5.28. The van der Waals surface area contributed by atoms with Crippen LogP contribution in [0, 0.1) is 5.92 Å². The molecule has 1 fully saturated rings. The minimum atomic E-state index is -0.0523. The Balaban J connectivity index is 2.20. The molecule has 0 aromatic rings. The lowest BCUT2D eigenvalue weighted by atomic mass is 9.97. The molecular formula is C10H20N2O2. The molecule has 0 atom stereocenters. The Morgan fingerprint density at radius 1 is 1.50 bits per heavy atom. The molecule has 0 amide bonds. The van der Waals surface area contributed by atoms with Crippen molar-refractivity contribution in [1.82, 2.24) is 4.90 Å². The number of rotatable bonds is 4. The number of hydrogen-bond acceptors (Lipinski definition) is 4. The number of likely N-dealkylation sites (tertiary alicyclic amines) is 1.